The number of ether oxygens (including phenoxy) is 2. The lowest BCUT2D eigenvalue weighted by molar-refractivity contribution is -0.111. The van der Waals surface area contributed by atoms with E-state index in [1.807, 2.05) is 42.7 Å². The summed E-state index contributed by atoms with van der Waals surface area (Å²) in [7, 11) is 3.17. The van der Waals surface area contributed by atoms with Crippen molar-refractivity contribution < 1.29 is 14.3 Å². The van der Waals surface area contributed by atoms with E-state index >= 15 is 0 Å². The van der Waals surface area contributed by atoms with Gasteiger partial charge >= 0.3 is 0 Å². The Morgan fingerprint density at radius 2 is 1.87 bits per heavy atom. The number of carbonyl (C=O) groups excluding carboxylic acids is 1. The third kappa shape index (κ3) is 4.79. The quantitative estimate of drug-likeness (QED) is 0.641. The molecule has 0 aromatic heterocycles. The lowest BCUT2D eigenvalue weighted by atomic mass is 10.2. The van der Waals surface area contributed by atoms with Crippen LogP contribution in [-0.4, -0.2) is 26.4 Å². The summed E-state index contributed by atoms with van der Waals surface area (Å²) in [6.45, 7) is 0. The van der Waals surface area contributed by atoms with Gasteiger partial charge in [0.1, 0.15) is 0 Å². The summed E-state index contributed by atoms with van der Waals surface area (Å²) in [5.41, 5.74) is 1.63. The number of amides is 1. The van der Waals surface area contributed by atoms with Crippen LogP contribution in [0.25, 0.3) is 6.08 Å². The molecule has 0 saturated heterocycles. The number of nitrogens with one attached hydrogen (secondary N) is 1. The van der Waals surface area contributed by atoms with Crippen LogP contribution in [0.5, 0.6) is 11.5 Å². The second kappa shape index (κ2) is 8.29. The van der Waals surface area contributed by atoms with Crippen LogP contribution in [0, 0.1) is 0 Å². The summed E-state index contributed by atoms with van der Waals surface area (Å²) in [6, 6.07) is 13.2. The van der Waals surface area contributed by atoms with Gasteiger partial charge in [-0.3, -0.25) is 4.79 Å². The predicted octanol–water partition coefficient (Wildman–Crippen LogP) is 4.08. The number of anilines is 1. The minimum atomic E-state index is -0.182. The number of hydrogen-bond acceptors (Lipinski definition) is 4. The van der Waals surface area contributed by atoms with Crippen LogP contribution in [0.1, 0.15) is 5.56 Å². The van der Waals surface area contributed by atoms with Gasteiger partial charge in [0.2, 0.25) is 5.91 Å². The molecule has 120 valence electrons. The zero-order valence-corrected chi connectivity index (χ0v) is 14.1. The molecule has 5 heteroatoms. The maximum Gasteiger partial charge on any atom is 0.248 e. The fourth-order valence-corrected chi connectivity index (χ4v) is 2.47. The Hall–Kier alpha value is -2.40. The molecule has 0 atom stereocenters. The number of benzene rings is 2. The van der Waals surface area contributed by atoms with E-state index in [1.54, 1.807) is 38.1 Å². The lowest BCUT2D eigenvalue weighted by Gasteiger charge is -2.07. The van der Waals surface area contributed by atoms with E-state index in [0.29, 0.717) is 11.5 Å². The molecule has 0 bridgehead atoms. The maximum atomic E-state index is 12.0. The van der Waals surface area contributed by atoms with E-state index in [9.17, 15) is 4.79 Å². The van der Waals surface area contributed by atoms with Crippen molar-refractivity contribution in [1.29, 1.82) is 0 Å². The molecule has 2 aromatic carbocycles. The van der Waals surface area contributed by atoms with Gasteiger partial charge in [0, 0.05) is 16.7 Å². The fourth-order valence-electron chi connectivity index (χ4n) is 2.01. The molecule has 0 saturated carbocycles. The first-order valence-corrected chi connectivity index (χ1v) is 8.24. The van der Waals surface area contributed by atoms with Crippen molar-refractivity contribution in [1.82, 2.24) is 0 Å². The molecule has 0 spiro atoms. The number of thioether (sulfide) groups is 1. The van der Waals surface area contributed by atoms with Crippen LogP contribution in [0.2, 0.25) is 0 Å². The maximum absolute atomic E-state index is 12.0. The largest absolute Gasteiger partial charge is 0.493 e. The summed E-state index contributed by atoms with van der Waals surface area (Å²) >= 11 is 1.63. The molecule has 0 aliphatic rings. The Labute approximate surface area is 140 Å². The van der Waals surface area contributed by atoms with E-state index in [-0.39, 0.29) is 5.91 Å². The summed E-state index contributed by atoms with van der Waals surface area (Å²) < 4.78 is 10.4. The average molecular weight is 329 g/mol. The zero-order valence-electron chi connectivity index (χ0n) is 13.3. The molecule has 23 heavy (non-hydrogen) atoms. The van der Waals surface area contributed by atoms with Crippen LogP contribution in [0.4, 0.5) is 5.69 Å². The Balaban J connectivity index is 2.05. The van der Waals surface area contributed by atoms with Crippen molar-refractivity contribution in [3.8, 4) is 11.5 Å². The van der Waals surface area contributed by atoms with Gasteiger partial charge in [0.25, 0.3) is 0 Å². The van der Waals surface area contributed by atoms with Crippen molar-refractivity contribution in [2.75, 3.05) is 25.8 Å². The minimum Gasteiger partial charge on any atom is -0.493 e. The summed E-state index contributed by atoms with van der Waals surface area (Å²) in [5, 5.41) is 2.84. The molecule has 2 rings (SSSR count). The number of hydrogen-bond donors (Lipinski definition) is 1. The standard InChI is InChI=1S/C18H19NO3S/c1-21-16-9-7-13(11-17(16)22-2)8-10-18(20)19-14-5-4-6-15(12-14)23-3/h4-12H,1-3H3,(H,19,20). The van der Waals surface area contributed by atoms with Crippen molar-refractivity contribution in [3.63, 3.8) is 0 Å². The summed E-state index contributed by atoms with van der Waals surface area (Å²) in [6.07, 6.45) is 5.22. The normalized spacial score (nSPS) is 10.6. The fraction of sp³-hybridized carbons (Fsp3) is 0.167. The van der Waals surface area contributed by atoms with Gasteiger partial charge in [-0.05, 0) is 48.2 Å². The highest BCUT2D eigenvalue weighted by molar-refractivity contribution is 7.98. The van der Waals surface area contributed by atoms with Gasteiger partial charge in [-0.25, -0.2) is 0 Å². The SMILES string of the molecule is COc1ccc(C=CC(=O)Nc2cccc(SC)c2)cc1OC. The lowest BCUT2D eigenvalue weighted by Crippen LogP contribution is -2.07. The molecule has 2 aromatic rings. The Morgan fingerprint density at radius 1 is 1.09 bits per heavy atom. The highest BCUT2D eigenvalue weighted by Gasteiger charge is 2.03. The Bertz CT molecular complexity index is 713. The van der Waals surface area contributed by atoms with E-state index in [0.717, 1.165) is 16.1 Å². The van der Waals surface area contributed by atoms with Crippen LogP contribution in [-0.2, 0) is 4.79 Å². The first-order valence-electron chi connectivity index (χ1n) is 7.01. The van der Waals surface area contributed by atoms with E-state index < -0.39 is 0 Å². The molecular formula is C18H19NO3S. The highest BCUT2D eigenvalue weighted by atomic mass is 32.2. The van der Waals surface area contributed by atoms with Gasteiger partial charge in [-0.2, -0.15) is 0 Å². The first-order chi connectivity index (χ1) is 11.2. The van der Waals surface area contributed by atoms with Crippen molar-refractivity contribution in [3.05, 3.63) is 54.1 Å². The average Bonchev–Trinajstić information content (AvgIpc) is 2.59. The molecule has 0 unspecified atom stereocenters. The number of rotatable bonds is 6. The molecule has 0 aliphatic heterocycles. The summed E-state index contributed by atoms with van der Waals surface area (Å²) in [4.78, 5) is 13.1. The first kappa shape index (κ1) is 17.0. The van der Waals surface area contributed by atoms with Crippen LogP contribution in [0.15, 0.2) is 53.4 Å². The topological polar surface area (TPSA) is 47.6 Å². The second-order valence-corrected chi connectivity index (χ2v) is 5.55. The van der Waals surface area contributed by atoms with Crippen molar-refractivity contribution in [2.24, 2.45) is 0 Å². The number of carbonyl (C=O) groups is 1. The summed E-state index contributed by atoms with van der Waals surface area (Å²) in [5.74, 6) is 1.10. The van der Waals surface area contributed by atoms with E-state index in [1.165, 1.54) is 6.08 Å². The van der Waals surface area contributed by atoms with E-state index in [2.05, 4.69) is 5.32 Å². The predicted molar refractivity (Wildman–Crippen MR) is 95.4 cm³/mol. The van der Waals surface area contributed by atoms with E-state index in [4.69, 9.17) is 9.47 Å². The molecule has 0 aliphatic carbocycles. The van der Waals surface area contributed by atoms with Crippen LogP contribution < -0.4 is 14.8 Å². The highest BCUT2D eigenvalue weighted by Crippen LogP contribution is 2.28. The number of methoxy groups -OCH3 is 2. The Kier molecular flexibility index (Phi) is 6.11. The van der Waals surface area contributed by atoms with Gasteiger partial charge in [-0.1, -0.05) is 12.1 Å². The van der Waals surface area contributed by atoms with Crippen LogP contribution in [0.3, 0.4) is 0 Å². The van der Waals surface area contributed by atoms with Gasteiger partial charge < -0.3 is 14.8 Å². The molecule has 0 fully saturated rings. The molecule has 0 radical (unpaired) electrons. The zero-order chi connectivity index (χ0) is 16.7. The monoisotopic (exact) mass is 329 g/mol. The van der Waals surface area contributed by atoms with Crippen molar-refractivity contribution in [2.45, 2.75) is 4.90 Å². The molecule has 0 heterocycles. The molecule has 1 N–H and O–H groups in total. The Morgan fingerprint density at radius 3 is 2.57 bits per heavy atom. The third-order valence-corrected chi connectivity index (χ3v) is 3.90. The second-order valence-electron chi connectivity index (χ2n) is 4.67. The van der Waals surface area contributed by atoms with Crippen molar-refractivity contribution >= 4 is 29.4 Å². The third-order valence-electron chi connectivity index (χ3n) is 3.17. The molecule has 4 nitrogen and oxygen atoms in total. The molecule has 1 amide bonds. The molecular weight excluding hydrogens is 310 g/mol. The van der Waals surface area contributed by atoms with Crippen LogP contribution >= 0.6 is 11.8 Å². The van der Waals surface area contributed by atoms with Gasteiger partial charge in [0.15, 0.2) is 11.5 Å². The van der Waals surface area contributed by atoms with Gasteiger partial charge in [-0.15, -0.1) is 11.8 Å². The minimum absolute atomic E-state index is 0.182. The smallest absolute Gasteiger partial charge is 0.248 e. The van der Waals surface area contributed by atoms with Gasteiger partial charge in [0.05, 0.1) is 14.2 Å².